The van der Waals surface area contributed by atoms with Crippen molar-refractivity contribution in [3.8, 4) is 5.75 Å². The second-order valence-corrected chi connectivity index (χ2v) is 7.91. The molecule has 1 fully saturated rings. The lowest BCUT2D eigenvalue weighted by Gasteiger charge is -2.21. The Morgan fingerprint density at radius 2 is 1.92 bits per heavy atom. The van der Waals surface area contributed by atoms with Crippen molar-refractivity contribution in [2.24, 2.45) is 0 Å². The monoisotopic (exact) mass is 374 g/mol. The van der Waals surface area contributed by atoms with E-state index in [0.717, 1.165) is 6.07 Å². The van der Waals surface area contributed by atoms with E-state index in [1.165, 1.54) is 28.4 Å². The Morgan fingerprint density at radius 1 is 1.20 bits per heavy atom. The van der Waals surface area contributed by atoms with Gasteiger partial charge < -0.3 is 14.4 Å². The molecule has 0 spiro atoms. The summed E-state index contributed by atoms with van der Waals surface area (Å²) in [5.41, 5.74) is 0. The smallest absolute Gasteiger partial charge is 0.409 e. The molecular weight excluding hydrogens is 351 g/mol. The van der Waals surface area contributed by atoms with Crippen molar-refractivity contribution in [1.29, 1.82) is 0 Å². The van der Waals surface area contributed by atoms with Gasteiger partial charge in [-0.25, -0.2) is 17.6 Å². The van der Waals surface area contributed by atoms with Crippen LogP contribution in [0.15, 0.2) is 23.1 Å². The van der Waals surface area contributed by atoms with Gasteiger partial charge in [0, 0.05) is 26.2 Å². The fourth-order valence-corrected chi connectivity index (χ4v) is 4.07. The van der Waals surface area contributed by atoms with Crippen LogP contribution >= 0.6 is 0 Å². The van der Waals surface area contributed by atoms with Crippen LogP contribution < -0.4 is 4.74 Å². The van der Waals surface area contributed by atoms with Gasteiger partial charge in [0.2, 0.25) is 10.0 Å². The third kappa shape index (κ3) is 4.60. The molecule has 1 saturated heterocycles. The molecule has 2 rings (SSSR count). The maximum absolute atomic E-state index is 14.1. The highest BCUT2D eigenvalue weighted by Crippen LogP contribution is 2.25. The van der Waals surface area contributed by atoms with Crippen molar-refractivity contribution < 1.29 is 27.1 Å². The van der Waals surface area contributed by atoms with Crippen LogP contribution in [-0.4, -0.2) is 63.1 Å². The van der Waals surface area contributed by atoms with Crippen molar-refractivity contribution >= 4 is 16.1 Å². The van der Waals surface area contributed by atoms with Gasteiger partial charge in [0.15, 0.2) is 11.6 Å². The highest BCUT2D eigenvalue weighted by atomic mass is 32.2. The van der Waals surface area contributed by atoms with Crippen molar-refractivity contribution in [1.82, 2.24) is 9.21 Å². The van der Waals surface area contributed by atoms with Gasteiger partial charge in [0.05, 0.1) is 18.1 Å². The number of methoxy groups -OCH3 is 1. The van der Waals surface area contributed by atoms with E-state index in [1.54, 1.807) is 13.8 Å². The zero-order valence-corrected chi connectivity index (χ0v) is 15.4. The first-order valence-corrected chi connectivity index (χ1v) is 9.49. The number of carbonyl (C=O) groups excluding carboxylic acids is 1. The predicted octanol–water partition coefficient (Wildman–Crippen LogP) is 2.08. The third-order valence-corrected chi connectivity index (χ3v) is 5.69. The number of carbonyl (C=O) groups is 1. The molecule has 0 aliphatic carbocycles. The average molecular weight is 374 g/mol. The molecule has 1 heterocycles. The highest BCUT2D eigenvalue weighted by Gasteiger charge is 2.29. The largest absolute Gasteiger partial charge is 0.488 e. The Morgan fingerprint density at radius 3 is 2.52 bits per heavy atom. The molecule has 1 aromatic carbocycles. The molecule has 1 amide bonds. The van der Waals surface area contributed by atoms with Crippen molar-refractivity contribution in [3.63, 3.8) is 0 Å². The molecule has 0 atom stereocenters. The number of hydrogen-bond donors (Lipinski definition) is 0. The van der Waals surface area contributed by atoms with Gasteiger partial charge in [-0.15, -0.1) is 0 Å². The second kappa shape index (κ2) is 8.01. The first-order valence-electron chi connectivity index (χ1n) is 8.05. The van der Waals surface area contributed by atoms with E-state index in [0.29, 0.717) is 13.0 Å². The Bertz CT molecular complexity index is 723. The molecule has 0 N–H and O–H groups in total. The molecule has 0 unspecified atom stereocenters. The van der Waals surface area contributed by atoms with Crippen LogP contribution in [0.2, 0.25) is 0 Å². The zero-order valence-electron chi connectivity index (χ0n) is 14.6. The molecule has 1 aliphatic heterocycles. The summed E-state index contributed by atoms with van der Waals surface area (Å²) in [5.74, 6) is -0.706. The van der Waals surface area contributed by atoms with Crippen LogP contribution in [0.1, 0.15) is 20.3 Å². The minimum absolute atomic E-state index is 0.0154. The van der Waals surface area contributed by atoms with Crippen molar-refractivity contribution in [2.45, 2.75) is 31.3 Å². The van der Waals surface area contributed by atoms with E-state index in [9.17, 15) is 17.6 Å². The summed E-state index contributed by atoms with van der Waals surface area (Å²) in [6, 6.07) is 3.62. The minimum Gasteiger partial charge on any atom is -0.488 e. The van der Waals surface area contributed by atoms with Crippen LogP contribution in [0.4, 0.5) is 9.18 Å². The second-order valence-electron chi connectivity index (χ2n) is 5.97. The van der Waals surface area contributed by atoms with Gasteiger partial charge in [0.25, 0.3) is 0 Å². The number of rotatable bonds is 4. The van der Waals surface area contributed by atoms with E-state index in [4.69, 9.17) is 4.74 Å². The van der Waals surface area contributed by atoms with Gasteiger partial charge >= 0.3 is 6.09 Å². The summed E-state index contributed by atoms with van der Waals surface area (Å²) < 4.78 is 50.8. The number of sulfonamides is 1. The lowest BCUT2D eigenvalue weighted by Crippen LogP contribution is -2.37. The van der Waals surface area contributed by atoms with Crippen LogP contribution in [0.5, 0.6) is 5.75 Å². The maximum atomic E-state index is 14.1. The number of hydrogen-bond acceptors (Lipinski definition) is 5. The number of halogens is 1. The SMILES string of the molecule is COC(=O)N1CCCN(S(=O)(=O)c2ccc(OC(C)C)c(F)c2)CC1. The average Bonchev–Trinajstić information content (AvgIpc) is 2.82. The van der Waals surface area contributed by atoms with E-state index < -0.39 is 21.9 Å². The first kappa shape index (κ1) is 19.5. The summed E-state index contributed by atoms with van der Waals surface area (Å²) >= 11 is 0. The molecule has 9 heteroatoms. The highest BCUT2D eigenvalue weighted by molar-refractivity contribution is 7.89. The molecule has 7 nitrogen and oxygen atoms in total. The Labute approximate surface area is 147 Å². The van der Waals surface area contributed by atoms with E-state index in [1.807, 2.05) is 0 Å². The first-order chi connectivity index (χ1) is 11.8. The summed E-state index contributed by atoms with van der Waals surface area (Å²) in [5, 5.41) is 0. The molecule has 0 bridgehead atoms. The lowest BCUT2D eigenvalue weighted by atomic mass is 10.3. The van der Waals surface area contributed by atoms with Crippen molar-refractivity contribution in [2.75, 3.05) is 33.3 Å². The zero-order chi connectivity index (χ0) is 18.6. The van der Waals surface area contributed by atoms with Crippen molar-refractivity contribution in [3.05, 3.63) is 24.0 Å². The minimum atomic E-state index is -3.85. The summed E-state index contributed by atoms with van der Waals surface area (Å²) in [7, 11) is -2.57. The number of nitrogens with zero attached hydrogens (tertiary/aromatic N) is 2. The molecule has 25 heavy (non-hydrogen) atoms. The number of ether oxygens (including phenoxy) is 2. The van der Waals surface area contributed by atoms with Crippen LogP contribution in [0.25, 0.3) is 0 Å². The van der Waals surface area contributed by atoms with Crippen LogP contribution in [0.3, 0.4) is 0 Å². The standard InChI is InChI=1S/C16H23FN2O5S/c1-12(2)24-15-6-5-13(11-14(15)17)25(21,22)19-8-4-7-18(9-10-19)16(20)23-3/h5-6,11-12H,4,7-10H2,1-3H3. The summed E-state index contributed by atoms with van der Waals surface area (Å²) in [6.45, 7) is 4.53. The molecule has 1 aromatic rings. The number of amides is 1. The van der Waals surface area contributed by atoms with Gasteiger partial charge in [-0.1, -0.05) is 0 Å². The maximum Gasteiger partial charge on any atom is 0.409 e. The van der Waals surface area contributed by atoms with Gasteiger partial charge in [-0.05, 0) is 38.5 Å². The van der Waals surface area contributed by atoms with Gasteiger partial charge in [-0.3, -0.25) is 0 Å². The normalized spacial score (nSPS) is 16.6. The molecule has 1 aliphatic rings. The Kier molecular flexibility index (Phi) is 6.23. The summed E-state index contributed by atoms with van der Waals surface area (Å²) in [4.78, 5) is 12.9. The summed E-state index contributed by atoms with van der Waals surface area (Å²) in [6.07, 6.45) is -0.224. The topological polar surface area (TPSA) is 76.2 Å². The van der Waals surface area contributed by atoms with E-state index >= 15 is 0 Å². The Balaban J connectivity index is 2.18. The van der Waals surface area contributed by atoms with Gasteiger partial charge in [-0.2, -0.15) is 4.31 Å². The molecule has 0 radical (unpaired) electrons. The fraction of sp³-hybridized carbons (Fsp3) is 0.562. The van der Waals surface area contributed by atoms with E-state index in [2.05, 4.69) is 4.74 Å². The van der Waals surface area contributed by atoms with Crippen LogP contribution in [-0.2, 0) is 14.8 Å². The lowest BCUT2D eigenvalue weighted by molar-refractivity contribution is 0.126. The number of benzene rings is 1. The molecule has 140 valence electrons. The molecule has 0 saturated carbocycles. The predicted molar refractivity (Wildman–Crippen MR) is 89.5 cm³/mol. The Hall–Kier alpha value is -1.87. The van der Waals surface area contributed by atoms with E-state index in [-0.39, 0.29) is 36.4 Å². The van der Waals surface area contributed by atoms with Crippen LogP contribution in [0, 0.1) is 5.82 Å². The third-order valence-electron chi connectivity index (χ3n) is 3.79. The van der Waals surface area contributed by atoms with Gasteiger partial charge in [0.1, 0.15) is 0 Å². The molecular formula is C16H23FN2O5S. The molecule has 0 aromatic heterocycles. The quantitative estimate of drug-likeness (QED) is 0.806. The fourth-order valence-electron chi connectivity index (χ4n) is 2.59.